The predicted octanol–water partition coefficient (Wildman–Crippen LogP) is 4.01. The van der Waals surface area contributed by atoms with Crippen LogP contribution in [-0.2, 0) is 6.54 Å². The van der Waals surface area contributed by atoms with E-state index in [2.05, 4.69) is 5.32 Å². The van der Waals surface area contributed by atoms with Crippen LogP contribution in [0.3, 0.4) is 0 Å². The van der Waals surface area contributed by atoms with Gasteiger partial charge in [0.15, 0.2) is 11.6 Å². The molecular weight excluding hydrogens is 299 g/mol. The predicted molar refractivity (Wildman–Crippen MR) is 78.4 cm³/mol. The van der Waals surface area contributed by atoms with Gasteiger partial charge < -0.3 is 10.1 Å². The van der Waals surface area contributed by atoms with Crippen LogP contribution in [0.5, 0.6) is 5.75 Å². The highest BCUT2D eigenvalue weighted by molar-refractivity contribution is 6.31. The molecule has 0 aromatic heterocycles. The van der Waals surface area contributed by atoms with Gasteiger partial charge in [-0.1, -0.05) is 11.6 Å². The summed E-state index contributed by atoms with van der Waals surface area (Å²) in [6.07, 6.45) is 0. The van der Waals surface area contributed by atoms with E-state index in [9.17, 15) is 14.5 Å². The molecule has 0 fully saturated rings. The number of benzene rings is 2. The number of nitrogens with one attached hydrogen (secondary N) is 1. The molecule has 21 heavy (non-hydrogen) atoms. The highest BCUT2D eigenvalue weighted by Gasteiger charge is 2.09. The summed E-state index contributed by atoms with van der Waals surface area (Å²) in [4.78, 5) is 10.1. The maximum absolute atomic E-state index is 13.3. The van der Waals surface area contributed by atoms with Crippen LogP contribution in [0.15, 0.2) is 36.4 Å². The molecule has 0 heterocycles. The third kappa shape index (κ3) is 3.61. The third-order valence-electron chi connectivity index (χ3n) is 2.88. The highest BCUT2D eigenvalue weighted by atomic mass is 35.5. The van der Waals surface area contributed by atoms with E-state index in [1.54, 1.807) is 12.1 Å². The van der Waals surface area contributed by atoms with E-state index in [0.29, 0.717) is 22.8 Å². The Hall–Kier alpha value is -2.34. The summed E-state index contributed by atoms with van der Waals surface area (Å²) >= 11 is 5.99. The molecule has 0 aliphatic heterocycles. The number of nitrogens with zero attached hydrogens (tertiary/aromatic N) is 1. The second kappa shape index (κ2) is 6.41. The van der Waals surface area contributed by atoms with Gasteiger partial charge >= 0.3 is 0 Å². The minimum absolute atomic E-state index is 0.0628. The molecule has 0 bridgehead atoms. The van der Waals surface area contributed by atoms with Gasteiger partial charge in [0.1, 0.15) is 0 Å². The Morgan fingerprint density at radius 2 is 2.10 bits per heavy atom. The summed E-state index contributed by atoms with van der Waals surface area (Å²) in [6.45, 7) is 0.353. The molecule has 2 aromatic rings. The lowest BCUT2D eigenvalue weighted by atomic mass is 10.2. The number of anilines is 1. The first-order chi connectivity index (χ1) is 10.0. The van der Waals surface area contributed by atoms with Crippen LogP contribution in [-0.4, -0.2) is 12.0 Å². The van der Waals surface area contributed by atoms with Gasteiger partial charge in [0.05, 0.1) is 17.1 Å². The zero-order valence-electron chi connectivity index (χ0n) is 11.1. The third-order valence-corrected chi connectivity index (χ3v) is 3.23. The van der Waals surface area contributed by atoms with E-state index < -0.39 is 10.7 Å². The molecule has 0 aliphatic carbocycles. The Labute approximate surface area is 125 Å². The van der Waals surface area contributed by atoms with Gasteiger partial charge in [0.25, 0.3) is 5.69 Å². The average molecular weight is 311 g/mol. The van der Waals surface area contributed by atoms with Gasteiger partial charge in [-0.15, -0.1) is 0 Å². The van der Waals surface area contributed by atoms with Crippen LogP contribution in [0.25, 0.3) is 0 Å². The van der Waals surface area contributed by atoms with E-state index in [4.69, 9.17) is 16.3 Å². The second-order valence-corrected chi connectivity index (χ2v) is 4.64. The summed E-state index contributed by atoms with van der Waals surface area (Å²) < 4.78 is 18.2. The lowest BCUT2D eigenvalue weighted by Crippen LogP contribution is -2.01. The Kier molecular flexibility index (Phi) is 4.59. The van der Waals surface area contributed by atoms with Gasteiger partial charge in [-0.05, 0) is 23.8 Å². The molecule has 2 rings (SSSR count). The molecule has 0 unspecified atom stereocenters. The summed E-state index contributed by atoms with van der Waals surface area (Å²) in [5, 5.41) is 14.0. The quantitative estimate of drug-likeness (QED) is 0.669. The van der Waals surface area contributed by atoms with Crippen molar-refractivity contribution in [2.75, 3.05) is 12.4 Å². The molecule has 7 heteroatoms. The van der Waals surface area contributed by atoms with Crippen LogP contribution >= 0.6 is 11.6 Å². The van der Waals surface area contributed by atoms with Gasteiger partial charge in [0.2, 0.25) is 0 Å². The first-order valence-corrected chi connectivity index (χ1v) is 6.39. The summed E-state index contributed by atoms with van der Waals surface area (Å²) in [5.41, 5.74) is 1.29. The first kappa shape index (κ1) is 15.1. The van der Waals surface area contributed by atoms with Crippen LogP contribution in [0.1, 0.15) is 5.56 Å². The van der Waals surface area contributed by atoms with Crippen molar-refractivity contribution in [1.29, 1.82) is 0 Å². The van der Waals surface area contributed by atoms with Crippen molar-refractivity contribution in [3.8, 4) is 5.75 Å². The first-order valence-electron chi connectivity index (χ1n) is 6.01. The number of methoxy groups -OCH3 is 1. The fraction of sp³-hybridized carbons (Fsp3) is 0.143. The van der Waals surface area contributed by atoms with Crippen LogP contribution in [0, 0.1) is 15.9 Å². The highest BCUT2D eigenvalue weighted by Crippen LogP contribution is 2.25. The standard InChI is InChI=1S/C14H12ClFN2O3/c1-21-14-6-10(3-5-13(14)16)17-8-9-2-4-11(18(19)20)7-12(9)15/h2-7,17H,8H2,1H3. The van der Waals surface area contributed by atoms with E-state index in [0.717, 1.165) is 0 Å². The number of non-ortho nitro benzene ring substituents is 1. The van der Waals surface area contributed by atoms with E-state index in [1.807, 2.05) is 0 Å². The number of hydrogen-bond donors (Lipinski definition) is 1. The molecule has 0 saturated heterocycles. The zero-order valence-corrected chi connectivity index (χ0v) is 11.9. The molecule has 0 radical (unpaired) electrons. The van der Waals surface area contributed by atoms with Crippen molar-refractivity contribution >= 4 is 23.0 Å². The van der Waals surface area contributed by atoms with E-state index in [-0.39, 0.29) is 11.4 Å². The Morgan fingerprint density at radius 1 is 1.33 bits per heavy atom. The van der Waals surface area contributed by atoms with Crippen molar-refractivity contribution in [3.05, 3.63) is 62.9 Å². The lowest BCUT2D eigenvalue weighted by Gasteiger charge is -2.10. The minimum Gasteiger partial charge on any atom is -0.494 e. The molecule has 0 spiro atoms. The second-order valence-electron chi connectivity index (χ2n) is 4.24. The number of hydrogen-bond acceptors (Lipinski definition) is 4. The Morgan fingerprint density at radius 3 is 2.71 bits per heavy atom. The molecule has 5 nitrogen and oxygen atoms in total. The number of nitro benzene ring substituents is 1. The zero-order chi connectivity index (χ0) is 15.4. The topological polar surface area (TPSA) is 64.4 Å². The van der Waals surface area contributed by atoms with Crippen molar-refractivity contribution in [1.82, 2.24) is 0 Å². The maximum atomic E-state index is 13.3. The van der Waals surface area contributed by atoms with Gasteiger partial charge in [0, 0.05) is 30.4 Å². The molecule has 0 saturated carbocycles. The summed E-state index contributed by atoms with van der Waals surface area (Å²) in [6, 6.07) is 8.64. The number of rotatable bonds is 5. The van der Waals surface area contributed by atoms with Gasteiger partial charge in [-0.25, -0.2) is 4.39 Å². The number of nitro groups is 1. The van der Waals surface area contributed by atoms with Crippen molar-refractivity contribution in [3.63, 3.8) is 0 Å². The smallest absolute Gasteiger partial charge is 0.270 e. The molecule has 0 atom stereocenters. The lowest BCUT2D eigenvalue weighted by molar-refractivity contribution is -0.384. The Bertz CT molecular complexity index is 679. The fourth-order valence-corrected chi connectivity index (χ4v) is 2.00. The monoisotopic (exact) mass is 310 g/mol. The van der Waals surface area contributed by atoms with Gasteiger partial charge in [-0.3, -0.25) is 10.1 Å². The van der Waals surface area contributed by atoms with Crippen LogP contribution in [0.2, 0.25) is 5.02 Å². The van der Waals surface area contributed by atoms with Crippen molar-refractivity contribution in [2.24, 2.45) is 0 Å². The molecule has 0 amide bonds. The summed E-state index contributed by atoms with van der Waals surface area (Å²) in [5.74, 6) is -0.314. The number of ether oxygens (including phenoxy) is 1. The summed E-state index contributed by atoms with van der Waals surface area (Å²) in [7, 11) is 1.38. The number of halogens is 2. The Balaban J connectivity index is 2.11. The maximum Gasteiger partial charge on any atom is 0.270 e. The van der Waals surface area contributed by atoms with E-state index >= 15 is 0 Å². The SMILES string of the molecule is COc1cc(NCc2ccc([N+](=O)[O-])cc2Cl)ccc1F. The molecule has 1 N–H and O–H groups in total. The molecule has 110 valence electrons. The molecular formula is C14H12ClFN2O3. The van der Waals surface area contributed by atoms with Crippen molar-refractivity contribution < 1.29 is 14.1 Å². The average Bonchev–Trinajstić information content (AvgIpc) is 2.47. The minimum atomic E-state index is -0.506. The fourth-order valence-electron chi connectivity index (χ4n) is 1.76. The normalized spacial score (nSPS) is 10.2. The van der Waals surface area contributed by atoms with Crippen LogP contribution in [0.4, 0.5) is 15.8 Å². The largest absolute Gasteiger partial charge is 0.494 e. The van der Waals surface area contributed by atoms with Gasteiger partial charge in [-0.2, -0.15) is 0 Å². The molecule has 2 aromatic carbocycles. The molecule has 0 aliphatic rings. The van der Waals surface area contributed by atoms with Crippen molar-refractivity contribution in [2.45, 2.75) is 6.54 Å². The van der Waals surface area contributed by atoms with Crippen LogP contribution < -0.4 is 10.1 Å². The van der Waals surface area contributed by atoms with E-state index in [1.165, 1.54) is 31.4 Å².